The summed E-state index contributed by atoms with van der Waals surface area (Å²) in [6.07, 6.45) is 0. The van der Waals surface area contributed by atoms with E-state index in [1.54, 1.807) is 13.0 Å². The lowest BCUT2D eigenvalue weighted by atomic mass is 10.2. The molecule has 0 amide bonds. The van der Waals surface area contributed by atoms with Crippen molar-refractivity contribution < 1.29 is 17.5 Å². The molecular formula is C13H11BrFNO3S. The third-order valence-corrected chi connectivity index (χ3v) is 4.14. The number of primary sulfonamides is 1. The molecule has 2 N–H and O–H groups in total. The smallest absolute Gasteiger partial charge is 0.238 e. The summed E-state index contributed by atoms with van der Waals surface area (Å²) in [6, 6.07) is 8.55. The van der Waals surface area contributed by atoms with Gasteiger partial charge in [0.15, 0.2) is 11.6 Å². The van der Waals surface area contributed by atoms with E-state index in [2.05, 4.69) is 15.9 Å². The van der Waals surface area contributed by atoms with Crippen LogP contribution in [-0.4, -0.2) is 8.42 Å². The number of halogens is 2. The van der Waals surface area contributed by atoms with Crippen molar-refractivity contribution in [1.82, 2.24) is 0 Å². The molecule has 0 aliphatic rings. The highest BCUT2D eigenvalue weighted by atomic mass is 79.9. The second-order valence-corrected chi connectivity index (χ2v) is 6.59. The van der Waals surface area contributed by atoms with Crippen LogP contribution in [-0.2, 0) is 10.0 Å². The molecule has 106 valence electrons. The SMILES string of the molecule is Cc1cc(Oc2cc(Br)ccc2F)ccc1S(N)(=O)=O. The van der Waals surface area contributed by atoms with E-state index >= 15 is 0 Å². The Balaban J connectivity index is 2.36. The van der Waals surface area contributed by atoms with Crippen molar-refractivity contribution in [3.8, 4) is 11.5 Å². The monoisotopic (exact) mass is 359 g/mol. The molecule has 7 heteroatoms. The average molecular weight is 360 g/mol. The fraction of sp³-hybridized carbons (Fsp3) is 0.0769. The normalized spacial score (nSPS) is 11.4. The van der Waals surface area contributed by atoms with E-state index in [9.17, 15) is 12.8 Å². The van der Waals surface area contributed by atoms with E-state index < -0.39 is 15.8 Å². The standard InChI is InChI=1S/C13H11BrFNO3S/c1-8-6-10(3-5-13(8)20(16,17)18)19-12-7-9(14)2-4-11(12)15/h2-7H,1H3,(H2,16,17,18). The van der Waals surface area contributed by atoms with Gasteiger partial charge in [-0.2, -0.15) is 0 Å². The van der Waals surface area contributed by atoms with Crippen LogP contribution in [0.1, 0.15) is 5.56 Å². The summed E-state index contributed by atoms with van der Waals surface area (Å²) in [5.74, 6) is -0.143. The van der Waals surface area contributed by atoms with E-state index in [4.69, 9.17) is 9.88 Å². The van der Waals surface area contributed by atoms with Crippen LogP contribution >= 0.6 is 15.9 Å². The number of hydrogen-bond donors (Lipinski definition) is 1. The van der Waals surface area contributed by atoms with Crippen molar-refractivity contribution in [2.45, 2.75) is 11.8 Å². The van der Waals surface area contributed by atoms with Crippen LogP contribution in [0.4, 0.5) is 4.39 Å². The van der Waals surface area contributed by atoms with Gasteiger partial charge >= 0.3 is 0 Å². The molecule has 0 aliphatic heterocycles. The predicted molar refractivity (Wildman–Crippen MR) is 76.7 cm³/mol. The first-order valence-electron chi connectivity index (χ1n) is 5.54. The highest BCUT2D eigenvalue weighted by molar-refractivity contribution is 9.10. The van der Waals surface area contributed by atoms with E-state index in [0.717, 1.165) is 0 Å². The van der Waals surface area contributed by atoms with Crippen molar-refractivity contribution >= 4 is 26.0 Å². The molecule has 0 saturated heterocycles. The molecule has 0 bridgehead atoms. The van der Waals surface area contributed by atoms with E-state index in [-0.39, 0.29) is 10.6 Å². The van der Waals surface area contributed by atoms with Gasteiger partial charge < -0.3 is 4.74 Å². The second kappa shape index (κ2) is 5.51. The molecule has 0 spiro atoms. The molecular weight excluding hydrogens is 349 g/mol. The maximum absolute atomic E-state index is 13.6. The third kappa shape index (κ3) is 3.36. The van der Waals surface area contributed by atoms with Gasteiger partial charge in [0.05, 0.1) is 4.90 Å². The first-order chi connectivity index (χ1) is 9.27. The topological polar surface area (TPSA) is 69.4 Å². The molecule has 0 aromatic heterocycles. The van der Waals surface area contributed by atoms with Gasteiger partial charge in [-0.05, 0) is 48.9 Å². The maximum Gasteiger partial charge on any atom is 0.238 e. The zero-order chi connectivity index (χ0) is 14.9. The highest BCUT2D eigenvalue weighted by Gasteiger charge is 2.13. The van der Waals surface area contributed by atoms with Crippen molar-refractivity contribution in [2.75, 3.05) is 0 Å². The first kappa shape index (κ1) is 15.0. The van der Waals surface area contributed by atoms with Crippen LogP contribution in [0.5, 0.6) is 11.5 Å². The molecule has 0 fully saturated rings. The van der Waals surface area contributed by atoms with Crippen molar-refractivity contribution in [3.05, 3.63) is 52.3 Å². The van der Waals surface area contributed by atoms with Gasteiger partial charge in [0.1, 0.15) is 5.75 Å². The Morgan fingerprint density at radius 2 is 1.90 bits per heavy atom. The van der Waals surface area contributed by atoms with Gasteiger partial charge in [-0.25, -0.2) is 17.9 Å². The number of nitrogens with two attached hydrogens (primary N) is 1. The van der Waals surface area contributed by atoms with Gasteiger partial charge in [0.25, 0.3) is 0 Å². The van der Waals surface area contributed by atoms with E-state index in [0.29, 0.717) is 15.8 Å². The zero-order valence-electron chi connectivity index (χ0n) is 10.4. The minimum Gasteiger partial charge on any atom is -0.454 e. The zero-order valence-corrected chi connectivity index (χ0v) is 12.8. The molecule has 0 heterocycles. The van der Waals surface area contributed by atoms with Crippen LogP contribution in [0, 0.1) is 12.7 Å². The van der Waals surface area contributed by atoms with Crippen molar-refractivity contribution in [3.63, 3.8) is 0 Å². The van der Waals surface area contributed by atoms with Gasteiger partial charge in [-0.3, -0.25) is 0 Å². The Labute approximate surface area is 124 Å². The lowest BCUT2D eigenvalue weighted by Gasteiger charge is -2.09. The fourth-order valence-electron chi connectivity index (χ4n) is 1.69. The van der Waals surface area contributed by atoms with Crippen LogP contribution in [0.2, 0.25) is 0 Å². The Hall–Kier alpha value is -1.44. The van der Waals surface area contributed by atoms with Crippen LogP contribution in [0.25, 0.3) is 0 Å². The van der Waals surface area contributed by atoms with Crippen LogP contribution < -0.4 is 9.88 Å². The number of sulfonamides is 1. The summed E-state index contributed by atoms with van der Waals surface area (Å²) >= 11 is 3.22. The number of ether oxygens (including phenoxy) is 1. The molecule has 2 aromatic rings. The number of rotatable bonds is 3. The van der Waals surface area contributed by atoms with Crippen molar-refractivity contribution in [1.29, 1.82) is 0 Å². The minimum atomic E-state index is -3.78. The quantitative estimate of drug-likeness (QED) is 0.913. The Kier molecular flexibility index (Phi) is 4.12. The molecule has 20 heavy (non-hydrogen) atoms. The molecule has 2 aromatic carbocycles. The fourth-order valence-corrected chi connectivity index (χ4v) is 2.79. The van der Waals surface area contributed by atoms with Crippen LogP contribution in [0.3, 0.4) is 0 Å². The molecule has 2 rings (SSSR count). The van der Waals surface area contributed by atoms with E-state index in [1.807, 2.05) is 0 Å². The molecule has 0 radical (unpaired) electrons. The molecule has 0 unspecified atom stereocenters. The van der Waals surface area contributed by atoms with Crippen LogP contribution in [0.15, 0.2) is 45.8 Å². The maximum atomic E-state index is 13.6. The Morgan fingerprint density at radius 3 is 2.50 bits per heavy atom. The van der Waals surface area contributed by atoms with Gasteiger partial charge in [-0.1, -0.05) is 15.9 Å². The summed E-state index contributed by atoms with van der Waals surface area (Å²) in [5, 5.41) is 5.07. The van der Waals surface area contributed by atoms with Gasteiger partial charge in [-0.15, -0.1) is 0 Å². The largest absolute Gasteiger partial charge is 0.454 e. The Morgan fingerprint density at radius 1 is 1.20 bits per heavy atom. The van der Waals surface area contributed by atoms with E-state index in [1.165, 1.54) is 30.3 Å². The van der Waals surface area contributed by atoms with Crippen molar-refractivity contribution in [2.24, 2.45) is 5.14 Å². The second-order valence-electron chi connectivity index (χ2n) is 4.15. The van der Waals surface area contributed by atoms with Gasteiger partial charge in [0, 0.05) is 4.47 Å². The summed E-state index contributed by atoms with van der Waals surface area (Å²) < 4.78 is 42.2. The molecule has 0 aliphatic carbocycles. The first-order valence-corrected chi connectivity index (χ1v) is 7.87. The number of benzene rings is 2. The number of hydrogen-bond acceptors (Lipinski definition) is 3. The molecule has 0 atom stereocenters. The lowest BCUT2D eigenvalue weighted by molar-refractivity contribution is 0.441. The average Bonchev–Trinajstić information content (AvgIpc) is 2.32. The molecule has 0 saturated carbocycles. The summed E-state index contributed by atoms with van der Waals surface area (Å²) in [6.45, 7) is 1.59. The Bertz CT molecular complexity index is 762. The summed E-state index contributed by atoms with van der Waals surface area (Å²) in [7, 11) is -3.78. The third-order valence-electron chi connectivity index (χ3n) is 2.57. The van der Waals surface area contributed by atoms with Gasteiger partial charge in [0.2, 0.25) is 10.0 Å². The predicted octanol–water partition coefficient (Wildman–Crippen LogP) is 3.34. The minimum absolute atomic E-state index is 0.0135. The molecule has 4 nitrogen and oxygen atoms in total. The summed E-state index contributed by atoms with van der Waals surface area (Å²) in [5.41, 5.74) is 0.431. The lowest BCUT2D eigenvalue weighted by Crippen LogP contribution is -2.13. The number of aryl methyl sites for hydroxylation is 1. The highest BCUT2D eigenvalue weighted by Crippen LogP contribution is 2.29. The summed E-state index contributed by atoms with van der Waals surface area (Å²) in [4.78, 5) is 0.0135.